The lowest BCUT2D eigenvalue weighted by Crippen LogP contribution is -1.95. The van der Waals surface area contributed by atoms with Crippen LogP contribution in [0.5, 0.6) is 17.4 Å². The van der Waals surface area contributed by atoms with Crippen molar-refractivity contribution in [2.24, 2.45) is 0 Å². The monoisotopic (exact) mass is 332 g/mol. The van der Waals surface area contributed by atoms with E-state index in [4.69, 9.17) is 21.1 Å². The van der Waals surface area contributed by atoms with Gasteiger partial charge in [-0.15, -0.1) is 0 Å². The summed E-state index contributed by atoms with van der Waals surface area (Å²) in [5, 5.41) is 0.142. The fourth-order valence-electron chi connectivity index (χ4n) is 1.23. The maximum atomic E-state index is 13.1. The molecule has 0 unspecified atom stereocenters. The molecule has 1 aromatic carbocycles. The molecule has 0 N–H and O–H groups in total. The largest absolute Gasteiger partial charge is 0.489 e. The number of aromatic nitrogens is 2. The molecule has 0 bridgehead atoms. The fraction of sp³-hybridized carbons (Fsp3) is 0.0909. The van der Waals surface area contributed by atoms with Gasteiger partial charge in [-0.1, -0.05) is 11.6 Å². The van der Waals surface area contributed by atoms with Crippen LogP contribution in [0.15, 0.2) is 29.0 Å². The molecule has 2 aromatic rings. The predicted molar refractivity (Wildman–Crippen MR) is 67.8 cm³/mol. The van der Waals surface area contributed by atoms with Crippen LogP contribution in [0.3, 0.4) is 0 Å². The van der Waals surface area contributed by atoms with Gasteiger partial charge in [-0.3, -0.25) is 0 Å². The quantitative estimate of drug-likeness (QED) is 0.801. The molecular weight excluding hydrogens is 326 g/mol. The van der Waals surface area contributed by atoms with Crippen LogP contribution in [0, 0.1) is 5.82 Å². The van der Waals surface area contributed by atoms with Gasteiger partial charge < -0.3 is 9.47 Å². The second-order valence-electron chi connectivity index (χ2n) is 3.18. The van der Waals surface area contributed by atoms with Crippen LogP contribution in [-0.2, 0) is 0 Å². The topological polar surface area (TPSA) is 44.2 Å². The Labute approximate surface area is 116 Å². The molecule has 2 rings (SSSR count). The molecule has 0 aliphatic rings. The zero-order chi connectivity index (χ0) is 13.1. The molecule has 0 radical (unpaired) electrons. The van der Waals surface area contributed by atoms with E-state index in [0.29, 0.717) is 10.2 Å². The van der Waals surface area contributed by atoms with Crippen molar-refractivity contribution < 1.29 is 13.9 Å². The average Bonchev–Trinajstić information content (AvgIpc) is 2.34. The highest BCUT2D eigenvalue weighted by molar-refractivity contribution is 9.10. The van der Waals surface area contributed by atoms with E-state index in [1.165, 1.54) is 31.6 Å². The summed E-state index contributed by atoms with van der Waals surface area (Å²) in [6.45, 7) is 0. The molecule has 0 aliphatic heterocycles. The maximum absolute atomic E-state index is 13.1. The smallest absolute Gasteiger partial charge is 0.267 e. The molecule has 0 amide bonds. The second-order valence-corrected chi connectivity index (χ2v) is 4.39. The van der Waals surface area contributed by atoms with E-state index in [1.807, 2.05) is 0 Å². The number of methoxy groups -OCH3 is 1. The number of nitrogens with zero attached hydrogens (tertiary/aromatic N) is 2. The molecule has 4 nitrogen and oxygen atoms in total. The lowest BCUT2D eigenvalue weighted by atomic mass is 10.3. The summed E-state index contributed by atoms with van der Waals surface area (Å²) in [6.07, 6.45) is 1.25. The van der Waals surface area contributed by atoms with Gasteiger partial charge in [0.2, 0.25) is 5.75 Å². The highest BCUT2D eigenvalue weighted by Gasteiger charge is 2.13. The van der Waals surface area contributed by atoms with Crippen molar-refractivity contribution in [1.29, 1.82) is 0 Å². The van der Waals surface area contributed by atoms with Crippen molar-refractivity contribution in [1.82, 2.24) is 9.97 Å². The van der Waals surface area contributed by atoms with E-state index in [1.54, 1.807) is 0 Å². The van der Waals surface area contributed by atoms with Crippen LogP contribution in [0.4, 0.5) is 4.39 Å². The molecule has 0 saturated heterocycles. The van der Waals surface area contributed by atoms with Crippen molar-refractivity contribution in [3.8, 4) is 17.4 Å². The molecule has 0 aliphatic carbocycles. The first-order chi connectivity index (χ1) is 8.61. The van der Waals surface area contributed by atoms with Crippen LogP contribution in [0.2, 0.25) is 5.15 Å². The highest BCUT2D eigenvalue weighted by atomic mass is 79.9. The molecule has 1 aromatic heterocycles. The van der Waals surface area contributed by atoms with Gasteiger partial charge in [-0.05, 0) is 34.1 Å². The third kappa shape index (κ3) is 2.70. The molecular formula is C11H7BrClFN2O2. The van der Waals surface area contributed by atoms with Crippen LogP contribution >= 0.6 is 27.5 Å². The van der Waals surface area contributed by atoms with Crippen molar-refractivity contribution >= 4 is 27.5 Å². The number of halogens is 3. The van der Waals surface area contributed by atoms with Gasteiger partial charge in [-0.2, -0.15) is 4.98 Å². The molecule has 18 heavy (non-hydrogen) atoms. The van der Waals surface area contributed by atoms with E-state index in [2.05, 4.69) is 25.9 Å². The Morgan fingerprint density at radius 3 is 2.78 bits per heavy atom. The zero-order valence-corrected chi connectivity index (χ0v) is 11.5. The van der Waals surface area contributed by atoms with Gasteiger partial charge in [-0.25, -0.2) is 9.37 Å². The van der Waals surface area contributed by atoms with Gasteiger partial charge >= 0.3 is 0 Å². The van der Waals surface area contributed by atoms with Gasteiger partial charge in [0.25, 0.3) is 5.88 Å². The summed E-state index contributed by atoms with van der Waals surface area (Å²) in [4.78, 5) is 7.67. The Kier molecular flexibility index (Phi) is 3.98. The molecule has 7 heteroatoms. The van der Waals surface area contributed by atoms with E-state index in [0.717, 1.165) is 0 Å². The van der Waals surface area contributed by atoms with Crippen LogP contribution in [-0.4, -0.2) is 17.1 Å². The summed E-state index contributed by atoms with van der Waals surface area (Å²) in [6, 6.07) is 4.22. The van der Waals surface area contributed by atoms with E-state index in [-0.39, 0.29) is 22.6 Å². The Morgan fingerprint density at radius 1 is 1.33 bits per heavy atom. The Hall–Kier alpha value is -1.40. The van der Waals surface area contributed by atoms with Gasteiger partial charge in [0.05, 0.1) is 11.6 Å². The summed E-state index contributed by atoms with van der Waals surface area (Å²) in [7, 11) is 1.43. The Morgan fingerprint density at radius 2 is 2.11 bits per heavy atom. The van der Waals surface area contributed by atoms with E-state index < -0.39 is 0 Å². The molecule has 1 heterocycles. The lowest BCUT2D eigenvalue weighted by Gasteiger charge is -2.09. The SMILES string of the molecule is COc1c(Cl)ncnc1Oc1ccc(F)c(Br)c1. The molecule has 0 fully saturated rings. The van der Waals surface area contributed by atoms with E-state index in [9.17, 15) is 4.39 Å². The molecule has 0 saturated carbocycles. The first-order valence-corrected chi connectivity index (χ1v) is 5.96. The minimum Gasteiger partial charge on any atom is -0.489 e. The first kappa shape index (κ1) is 13.0. The van der Waals surface area contributed by atoms with Crippen LogP contribution < -0.4 is 9.47 Å². The number of rotatable bonds is 3. The number of benzene rings is 1. The average molecular weight is 334 g/mol. The van der Waals surface area contributed by atoms with Crippen molar-refractivity contribution in [3.05, 3.63) is 40.0 Å². The number of hydrogen-bond donors (Lipinski definition) is 0. The highest BCUT2D eigenvalue weighted by Crippen LogP contribution is 2.34. The Balaban J connectivity index is 2.34. The predicted octanol–water partition coefficient (Wildman–Crippen LogP) is 3.83. The third-order valence-electron chi connectivity index (χ3n) is 2.04. The number of hydrogen-bond acceptors (Lipinski definition) is 4. The second kappa shape index (κ2) is 5.49. The van der Waals surface area contributed by atoms with Crippen molar-refractivity contribution in [2.45, 2.75) is 0 Å². The van der Waals surface area contributed by atoms with Crippen LogP contribution in [0.1, 0.15) is 0 Å². The fourth-order valence-corrected chi connectivity index (χ4v) is 1.79. The van der Waals surface area contributed by atoms with Gasteiger partial charge in [0, 0.05) is 0 Å². The summed E-state index contributed by atoms with van der Waals surface area (Å²) >= 11 is 8.89. The van der Waals surface area contributed by atoms with Crippen molar-refractivity contribution in [3.63, 3.8) is 0 Å². The van der Waals surface area contributed by atoms with Gasteiger partial charge in [0.1, 0.15) is 17.9 Å². The van der Waals surface area contributed by atoms with Crippen LogP contribution in [0.25, 0.3) is 0 Å². The minimum atomic E-state index is -0.380. The summed E-state index contributed by atoms with van der Waals surface area (Å²) in [5.74, 6) is 0.405. The number of ether oxygens (including phenoxy) is 2. The summed E-state index contributed by atoms with van der Waals surface area (Å²) < 4.78 is 23.9. The molecule has 0 atom stereocenters. The first-order valence-electron chi connectivity index (χ1n) is 4.79. The Bertz CT molecular complexity index is 583. The third-order valence-corrected chi connectivity index (χ3v) is 2.91. The maximum Gasteiger partial charge on any atom is 0.267 e. The molecule has 0 spiro atoms. The zero-order valence-electron chi connectivity index (χ0n) is 9.15. The standard InChI is InChI=1S/C11H7BrClFN2O2/c1-17-9-10(13)15-5-16-11(9)18-6-2-3-8(14)7(12)4-6/h2-5H,1H3. The minimum absolute atomic E-state index is 0.142. The van der Waals surface area contributed by atoms with Gasteiger partial charge in [0.15, 0.2) is 5.15 Å². The van der Waals surface area contributed by atoms with E-state index >= 15 is 0 Å². The lowest BCUT2D eigenvalue weighted by molar-refractivity contribution is 0.367. The normalized spacial score (nSPS) is 10.2. The van der Waals surface area contributed by atoms with Crippen molar-refractivity contribution in [2.75, 3.05) is 7.11 Å². The summed E-state index contributed by atoms with van der Waals surface area (Å²) in [5.41, 5.74) is 0. The molecule has 94 valence electrons.